The Morgan fingerprint density at radius 1 is 0.920 bits per heavy atom. The molecule has 2 aromatic heterocycles. The summed E-state index contributed by atoms with van der Waals surface area (Å²) in [6.45, 7) is 5.32. The molecule has 0 spiro atoms. The van der Waals surface area contributed by atoms with Gasteiger partial charge in [0.2, 0.25) is 0 Å². The molecule has 2 aromatic carbocycles. The second kappa shape index (κ2) is 6.09. The fraction of sp³-hybridized carbons (Fsp3) is 0.200. The maximum atomic E-state index is 12.5. The molecule has 0 saturated carbocycles. The number of H-pyrrole nitrogens is 1. The first-order valence-electron chi connectivity index (χ1n) is 8.56. The van der Waals surface area contributed by atoms with Gasteiger partial charge in [-0.1, -0.05) is 36.4 Å². The third-order valence-electron chi connectivity index (χ3n) is 4.66. The molecule has 0 aliphatic rings. The van der Waals surface area contributed by atoms with E-state index in [1.807, 2.05) is 53.4 Å². The number of fused-ring (bicyclic) bond motifs is 1. The molecule has 0 bridgehead atoms. The molecule has 25 heavy (non-hydrogen) atoms. The molecule has 4 aromatic rings. The molecular weight excluding hydrogens is 312 g/mol. The number of benzene rings is 2. The number of aromatic nitrogens is 4. The van der Waals surface area contributed by atoms with Crippen LogP contribution in [0.4, 0.5) is 0 Å². The zero-order valence-corrected chi connectivity index (χ0v) is 14.4. The smallest absolute Gasteiger partial charge is 0.292 e. The van der Waals surface area contributed by atoms with Crippen LogP contribution in [0.15, 0.2) is 59.5 Å². The minimum atomic E-state index is 0.0487. The fourth-order valence-electron chi connectivity index (χ4n) is 3.43. The highest BCUT2D eigenvalue weighted by Gasteiger charge is 2.14. The summed E-state index contributed by atoms with van der Waals surface area (Å²) in [7, 11) is 0. The van der Waals surface area contributed by atoms with Crippen LogP contribution in [0.1, 0.15) is 13.8 Å². The number of nitrogens with zero attached hydrogens (tertiary/aromatic N) is 3. The molecule has 5 heteroatoms. The Kier molecular flexibility index (Phi) is 3.76. The van der Waals surface area contributed by atoms with E-state index in [0.717, 1.165) is 33.4 Å². The molecule has 0 fully saturated rings. The summed E-state index contributed by atoms with van der Waals surface area (Å²) in [5, 5.41) is 7.34. The van der Waals surface area contributed by atoms with Gasteiger partial charge in [0.15, 0.2) is 0 Å². The van der Waals surface area contributed by atoms with E-state index in [2.05, 4.69) is 34.5 Å². The monoisotopic (exact) mass is 332 g/mol. The molecule has 0 aliphatic heterocycles. The van der Waals surface area contributed by atoms with Crippen molar-refractivity contribution in [3.05, 3.63) is 65.2 Å². The number of aryl methyl sites for hydroxylation is 2. The summed E-state index contributed by atoms with van der Waals surface area (Å²) in [5.41, 5.74) is 6.15. The van der Waals surface area contributed by atoms with Crippen LogP contribution in [0.5, 0.6) is 0 Å². The molecule has 0 amide bonds. The third-order valence-corrected chi connectivity index (χ3v) is 4.66. The van der Waals surface area contributed by atoms with E-state index in [4.69, 9.17) is 0 Å². The van der Waals surface area contributed by atoms with Gasteiger partial charge in [0.1, 0.15) is 0 Å². The van der Waals surface area contributed by atoms with Crippen molar-refractivity contribution < 1.29 is 0 Å². The van der Waals surface area contributed by atoms with Crippen molar-refractivity contribution in [1.82, 2.24) is 19.3 Å². The molecule has 0 aliphatic carbocycles. The number of hydrogen-bond acceptors (Lipinski definition) is 2. The highest BCUT2D eigenvalue weighted by Crippen LogP contribution is 2.31. The van der Waals surface area contributed by atoms with E-state index in [-0.39, 0.29) is 5.69 Å². The largest absolute Gasteiger partial charge is 0.329 e. The van der Waals surface area contributed by atoms with Gasteiger partial charge in [0, 0.05) is 24.2 Å². The van der Waals surface area contributed by atoms with Gasteiger partial charge < -0.3 is 0 Å². The van der Waals surface area contributed by atoms with Crippen molar-refractivity contribution >= 4 is 11.0 Å². The van der Waals surface area contributed by atoms with Gasteiger partial charge >= 0.3 is 5.69 Å². The third kappa shape index (κ3) is 2.39. The summed E-state index contributed by atoms with van der Waals surface area (Å²) in [6, 6.07) is 16.3. The summed E-state index contributed by atoms with van der Waals surface area (Å²) in [6.07, 6.45) is 1.84. The van der Waals surface area contributed by atoms with Crippen molar-refractivity contribution in [2.45, 2.75) is 26.9 Å². The molecule has 0 atom stereocenters. The molecule has 2 heterocycles. The highest BCUT2D eigenvalue weighted by atomic mass is 16.1. The van der Waals surface area contributed by atoms with E-state index in [1.54, 1.807) is 0 Å². The lowest BCUT2D eigenvalue weighted by Gasteiger charge is -2.05. The number of nitrogens with one attached hydrogen (secondary N) is 1. The normalized spacial score (nSPS) is 11.3. The Bertz CT molecular complexity index is 1090. The second-order valence-corrected chi connectivity index (χ2v) is 6.00. The topological polar surface area (TPSA) is 55.6 Å². The van der Waals surface area contributed by atoms with Gasteiger partial charge in [0.05, 0.1) is 22.9 Å². The van der Waals surface area contributed by atoms with Crippen LogP contribution in [-0.2, 0) is 13.1 Å². The van der Waals surface area contributed by atoms with E-state index in [9.17, 15) is 4.79 Å². The summed E-state index contributed by atoms with van der Waals surface area (Å²) in [4.78, 5) is 12.5. The molecule has 0 unspecified atom stereocenters. The van der Waals surface area contributed by atoms with Gasteiger partial charge in [-0.15, -0.1) is 0 Å². The van der Waals surface area contributed by atoms with Gasteiger partial charge in [0.25, 0.3) is 0 Å². The zero-order valence-electron chi connectivity index (χ0n) is 14.4. The second-order valence-electron chi connectivity index (χ2n) is 6.00. The van der Waals surface area contributed by atoms with Crippen LogP contribution in [-0.4, -0.2) is 19.3 Å². The Morgan fingerprint density at radius 2 is 1.64 bits per heavy atom. The van der Waals surface area contributed by atoms with Gasteiger partial charge in [-0.05, 0) is 31.5 Å². The predicted molar refractivity (Wildman–Crippen MR) is 101 cm³/mol. The minimum Gasteiger partial charge on any atom is -0.292 e. The number of imidazole rings is 1. The van der Waals surface area contributed by atoms with Crippen molar-refractivity contribution in [3.8, 4) is 22.4 Å². The molecule has 0 saturated heterocycles. The van der Waals surface area contributed by atoms with Crippen molar-refractivity contribution in [1.29, 1.82) is 0 Å². The van der Waals surface area contributed by atoms with E-state index in [0.29, 0.717) is 13.1 Å². The van der Waals surface area contributed by atoms with Crippen molar-refractivity contribution in [2.75, 3.05) is 0 Å². The zero-order chi connectivity index (χ0) is 17.4. The maximum Gasteiger partial charge on any atom is 0.329 e. The lowest BCUT2D eigenvalue weighted by atomic mass is 10.0. The van der Waals surface area contributed by atoms with Crippen LogP contribution in [0.25, 0.3) is 33.4 Å². The first-order valence-corrected chi connectivity index (χ1v) is 8.56. The number of aromatic amines is 1. The average molecular weight is 332 g/mol. The van der Waals surface area contributed by atoms with Gasteiger partial charge in [-0.2, -0.15) is 5.10 Å². The number of rotatable bonds is 4. The average Bonchev–Trinajstić information content (AvgIpc) is 3.23. The maximum absolute atomic E-state index is 12.5. The van der Waals surface area contributed by atoms with Gasteiger partial charge in [-0.25, -0.2) is 4.79 Å². The first kappa shape index (κ1) is 15.4. The molecule has 4 rings (SSSR count). The summed E-state index contributed by atoms with van der Waals surface area (Å²) in [5.74, 6) is 0. The first-order chi connectivity index (χ1) is 12.2. The Labute approximate surface area is 145 Å². The Balaban J connectivity index is 1.93. The quantitative estimate of drug-likeness (QED) is 0.616. The Morgan fingerprint density at radius 3 is 2.36 bits per heavy atom. The lowest BCUT2D eigenvalue weighted by molar-refractivity contribution is 0.671. The van der Waals surface area contributed by atoms with Crippen LogP contribution in [0.2, 0.25) is 0 Å². The van der Waals surface area contributed by atoms with E-state index >= 15 is 0 Å². The predicted octanol–water partition coefficient (Wildman–Crippen LogP) is 3.90. The minimum absolute atomic E-state index is 0.0487. The SMILES string of the molecule is CCn1c(=O)n(CC)c2cc(-c3cn[nH]c3-c3ccccc3)ccc21. The summed E-state index contributed by atoms with van der Waals surface area (Å²) >= 11 is 0. The van der Waals surface area contributed by atoms with Crippen LogP contribution >= 0.6 is 0 Å². The molecule has 5 nitrogen and oxygen atoms in total. The molecular formula is C20H20N4O. The van der Waals surface area contributed by atoms with E-state index in [1.165, 1.54) is 0 Å². The number of hydrogen-bond donors (Lipinski definition) is 1. The summed E-state index contributed by atoms with van der Waals surface area (Å²) < 4.78 is 3.64. The van der Waals surface area contributed by atoms with Crippen molar-refractivity contribution in [3.63, 3.8) is 0 Å². The van der Waals surface area contributed by atoms with Gasteiger partial charge in [-0.3, -0.25) is 14.2 Å². The lowest BCUT2D eigenvalue weighted by Crippen LogP contribution is -2.22. The highest BCUT2D eigenvalue weighted by molar-refractivity contribution is 5.87. The van der Waals surface area contributed by atoms with Crippen molar-refractivity contribution in [2.24, 2.45) is 0 Å². The molecule has 1 N–H and O–H groups in total. The van der Waals surface area contributed by atoms with Crippen LogP contribution in [0, 0.1) is 0 Å². The fourth-order valence-corrected chi connectivity index (χ4v) is 3.43. The molecule has 0 radical (unpaired) electrons. The standard InChI is InChI=1S/C20H20N4O/c1-3-23-17-11-10-15(12-18(17)24(4-2)20(23)25)16-13-21-22-19(16)14-8-6-5-7-9-14/h5-13H,3-4H2,1-2H3,(H,21,22). The van der Waals surface area contributed by atoms with Crippen LogP contribution in [0.3, 0.4) is 0 Å². The Hall–Kier alpha value is -3.08. The van der Waals surface area contributed by atoms with Crippen LogP contribution < -0.4 is 5.69 Å². The molecule has 126 valence electrons. The van der Waals surface area contributed by atoms with E-state index < -0.39 is 0 Å².